The van der Waals surface area contributed by atoms with E-state index in [-0.39, 0.29) is 12.5 Å². The van der Waals surface area contributed by atoms with E-state index < -0.39 is 0 Å². The predicted molar refractivity (Wildman–Crippen MR) is 100.0 cm³/mol. The fraction of sp³-hybridized carbons (Fsp3) is 0.235. The van der Waals surface area contributed by atoms with Gasteiger partial charge in [0.15, 0.2) is 4.80 Å². The average Bonchev–Trinajstić information content (AvgIpc) is 2.99. The standard InChI is InChI=1S/C17H17BrN4OS/c1-4-7-21-14-6-5-13(18)9-15(14)24-17(21)19-16(23)10-22-12(3)8-11(2)20-22/h4-6,8-9H,1,7,10H2,2-3H3. The van der Waals surface area contributed by atoms with E-state index in [1.54, 1.807) is 10.8 Å². The Hall–Kier alpha value is -1.99. The quantitative estimate of drug-likeness (QED) is 0.623. The number of hydrogen-bond acceptors (Lipinski definition) is 3. The molecule has 0 radical (unpaired) electrons. The molecule has 5 nitrogen and oxygen atoms in total. The molecule has 0 spiro atoms. The summed E-state index contributed by atoms with van der Waals surface area (Å²) < 4.78 is 5.76. The summed E-state index contributed by atoms with van der Waals surface area (Å²) in [6.45, 7) is 8.39. The highest BCUT2D eigenvalue weighted by Gasteiger charge is 2.09. The number of carbonyl (C=O) groups excluding carboxylic acids is 1. The van der Waals surface area contributed by atoms with Crippen molar-refractivity contribution in [2.45, 2.75) is 26.9 Å². The minimum atomic E-state index is -0.218. The van der Waals surface area contributed by atoms with E-state index in [4.69, 9.17) is 0 Å². The van der Waals surface area contributed by atoms with Gasteiger partial charge in [-0.2, -0.15) is 10.1 Å². The average molecular weight is 405 g/mol. The molecule has 24 heavy (non-hydrogen) atoms. The van der Waals surface area contributed by atoms with Crippen molar-refractivity contribution in [3.8, 4) is 0 Å². The molecule has 0 saturated carbocycles. The van der Waals surface area contributed by atoms with Crippen LogP contribution < -0.4 is 4.80 Å². The first-order valence-electron chi connectivity index (χ1n) is 7.46. The van der Waals surface area contributed by atoms with Gasteiger partial charge in [-0.1, -0.05) is 33.3 Å². The van der Waals surface area contributed by atoms with Crippen LogP contribution in [0.3, 0.4) is 0 Å². The van der Waals surface area contributed by atoms with Gasteiger partial charge in [0, 0.05) is 16.7 Å². The van der Waals surface area contributed by atoms with Crippen LogP contribution in [0.15, 0.2) is 46.4 Å². The number of allylic oxidation sites excluding steroid dienone is 1. The highest BCUT2D eigenvalue weighted by molar-refractivity contribution is 9.10. The van der Waals surface area contributed by atoms with Crippen LogP contribution in [0.5, 0.6) is 0 Å². The Kier molecular flexibility index (Phi) is 4.82. The number of nitrogens with zero attached hydrogens (tertiary/aromatic N) is 4. The van der Waals surface area contributed by atoms with E-state index >= 15 is 0 Å². The molecule has 1 aromatic carbocycles. The normalized spacial score (nSPS) is 12.0. The van der Waals surface area contributed by atoms with Crippen molar-refractivity contribution in [3.63, 3.8) is 0 Å². The second kappa shape index (κ2) is 6.86. The summed E-state index contributed by atoms with van der Waals surface area (Å²) >= 11 is 4.97. The molecule has 7 heteroatoms. The van der Waals surface area contributed by atoms with Crippen molar-refractivity contribution in [3.05, 3.63) is 57.6 Å². The van der Waals surface area contributed by atoms with Crippen LogP contribution in [0.4, 0.5) is 0 Å². The molecule has 1 amide bonds. The Labute approximate surface area is 152 Å². The van der Waals surface area contributed by atoms with Crippen LogP contribution in [0.2, 0.25) is 0 Å². The molecule has 2 aromatic heterocycles. The largest absolute Gasteiger partial charge is 0.313 e. The number of rotatable bonds is 4. The summed E-state index contributed by atoms with van der Waals surface area (Å²) in [4.78, 5) is 17.4. The molecule has 0 bridgehead atoms. The van der Waals surface area contributed by atoms with Crippen LogP contribution >= 0.6 is 27.3 Å². The third-order valence-electron chi connectivity index (χ3n) is 3.57. The molecule has 0 N–H and O–H groups in total. The van der Waals surface area contributed by atoms with Crippen molar-refractivity contribution in [2.24, 2.45) is 4.99 Å². The smallest absolute Gasteiger partial charge is 0.270 e. The fourth-order valence-corrected chi connectivity index (χ4v) is 4.15. The van der Waals surface area contributed by atoms with Gasteiger partial charge in [-0.15, -0.1) is 6.58 Å². The zero-order chi connectivity index (χ0) is 17.3. The number of benzene rings is 1. The highest BCUT2D eigenvalue weighted by atomic mass is 79.9. The van der Waals surface area contributed by atoms with Crippen LogP contribution in [-0.2, 0) is 17.9 Å². The topological polar surface area (TPSA) is 52.2 Å². The molecule has 0 fully saturated rings. The second-order valence-electron chi connectivity index (χ2n) is 5.49. The van der Waals surface area contributed by atoms with Crippen molar-refractivity contribution in [1.29, 1.82) is 0 Å². The number of thiazole rings is 1. The maximum Gasteiger partial charge on any atom is 0.270 e. The number of hydrogen-bond donors (Lipinski definition) is 0. The van der Waals surface area contributed by atoms with E-state index in [2.05, 4.69) is 32.6 Å². The predicted octanol–water partition coefficient (Wildman–Crippen LogP) is 3.59. The van der Waals surface area contributed by atoms with E-state index in [1.807, 2.05) is 42.7 Å². The molecule has 0 aliphatic heterocycles. The zero-order valence-corrected chi connectivity index (χ0v) is 15.9. The zero-order valence-electron chi connectivity index (χ0n) is 13.5. The lowest BCUT2D eigenvalue weighted by Gasteiger charge is -2.02. The summed E-state index contributed by atoms with van der Waals surface area (Å²) in [6, 6.07) is 7.98. The molecule has 124 valence electrons. The van der Waals surface area contributed by atoms with Crippen LogP contribution in [0.1, 0.15) is 11.4 Å². The van der Waals surface area contributed by atoms with Gasteiger partial charge in [-0.25, -0.2) is 0 Å². The molecule has 3 aromatic rings. The van der Waals surface area contributed by atoms with Crippen molar-refractivity contribution < 1.29 is 4.79 Å². The Bertz CT molecular complexity index is 996. The first-order chi connectivity index (χ1) is 11.5. The second-order valence-corrected chi connectivity index (χ2v) is 7.41. The Balaban J connectivity index is 2.02. The number of amides is 1. The van der Waals surface area contributed by atoms with Crippen LogP contribution in [-0.4, -0.2) is 20.3 Å². The first kappa shape index (κ1) is 16.9. The van der Waals surface area contributed by atoms with Gasteiger partial charge in [0.1, 0.15) is 6.54 Å². The summed E-state index contributed by atoms with van der Waals surface area (Å²) in [6.07, 6.45) is 1.80. The summed E-state index contributed by atoms with van der Waals surface area (Å²) in [5.41, 5.74) is 2.89. The van der Waals surface area contributed by atoms with Gasteiger partial charge in [0.2, 0.25) is 0 Å². The lowest BCUT2D eigenvalue weighted by molar-refractivity contribution is -0.118. The van der Waals surface area contributed by atoms with Crippen molar-refractivity contribution in [1.82, 2.24) is 14.3 Å². The lowest BCUT2D eigenvalue weighted by atomic mass is 10.3. The van der Waals surface area contributed by atoms with Gasteiger partial charge in [0.05, 0.1) is 15.9 Å². The lowest BCUT2D eigenvalue weighted by Crippen LogP contribution is -2.19. The third kappa shape index (κ3) is 3.42. The maximum absolute atomic E-state index is 12.4. The molecule has 2 heterocycles. The summed E-state index contributed by atoms with van der Waals surface area (Å²) in [5, 5.41) is 4.31. The summed E-state index contributed by atoms with van der Waals surface area (Å²) in [5.74, 6) is -0.218. The molecule has 0 aliphatic rings. The van der Waals surface area contributed by atoms with Crippen molar-refractivity contribution in [2.75, 3.05) is 0 Å². The van der Waals surface area contributed by atoms with E-state index in [0.717, 1.165) is 26.1 Å². The van der Waals surface area contributed by atoms with E-state index in [1.165, 1.54) is 11.3 Å². The van der Waals surface area contributed by atoms with Gasteiger partial charge in [0.25, 0.3) is 5.91 Å². The molecule has 3 rings (SSSR count). The SMILES string of the molecule is C=CCn1c(=NC(=O)Cn2nc(C)cc2C)sc2cc(Br)ccc21. The van der Waals surface area contributed by atoms with Gasteiger partial charge in [-0.05, 0) is 38.1 Å². The van der Waals surface area contributed by atoms with Gasteiger partial charge in [-0.3, -0.25) is 9.48 Å². The highest BCUT2D eigenvalue weighted by Crippen LogP contribution is 2.22. The molecule has 0 unspecified atom stereocenters. The fourth-order valence-electron chi connectivity index (χ4n) is 2.54. The summed E-state index contributed by atoms with van der Waals surface area (Å²) in [7, 11) is 0. The Morgan fingerprint density at radius 3 is 2.88 bits per heavy atom. The minimum absolute atomic E-state index is 0.145. The van der Waals surface area contributed by atoms with Gasteiger partial charge >= 0.3 is 0 Å². The number of halogens is 1. The number of aromatic nitrogens is 3. The third-order valence-corrected chi connectivity index (χ3v) is 5.10. The van der Waals surface area contributed by atoms with Crippen LogP contribution in [0.25, 0.3) is 10.2 Å². The first-order valence-corrected chi connectivity index (χ1v) is 9.07. The molecular weight excluding hydrogens is 388 g/mol. The maximum atomic E-state index is 12.4. The molecular formula is C17H17BrN4OS. The van der Waals surface area contributed by atoms with E-state index in [0.29, 0.717) is 11.3 Å². The Morgan fingerprint density at radius 2 is 2.21 bits per heavy atom. The Morgan fingerprint density at radius 1 is 1.42 bits per heavy atom. The van der Waals surface area contributed by atoms with E-state index in [9.17, 15) is 4.79 Å². The number of aryl methyl sites for hydroxylation is 2. The van der Waals surface area contributed by atoms with Crippen molar-refractivity contribution >= 4 is 43.4 Å². The number of carbonyl (C=O) groups is 1. The molecule has 0 saturated heterocycles. The van der Waals surface area contributed by atoms with Gasteiger partial charge < -0.3 is 4.57 Å². The van der Waals surface area contributed by atoms with Crippen LogP contribution in [0, 0.1) is 13.8 Å². The monoisotopic (exact) mass is 404 g/mol. The molecule has 0 aliphatic carbocycles. The number of fused-ring (bicyclic) bond motifs is 1. The minimum Gasteiger partial charge on any atom is -0.313 e. The molecule has 0 atom stereocenters.